The van der Waals surface area contributed by atoms with Crippen molar-refractivity contribution in [1.29, 1.82) is 0 Å². The maximum Gasteiger partial charge on any atom is 0.137 e. The molecule has 5 nitrogen and oxygen atoms in total. The van der Waals surface area contributed by atoms with Gasteiger partial charge in [-0.1, -0.05) is 152 Å². The van der Waals surface area contributed by atoms with Gasteiger partial charge in [0, 0.05) is 63.2 Å². The van der Waals surface area contributed by atoms with Crippen LogP contribution in [0.2, 0.25) is 0 Å². The van der Waals surface area contributed by atoms with Crippen molar-refractivity contribution in [2.45, 2.75) is 119 Å². The van der Waals surface area contributed by atoms with E-state index in [0.717, 1.165) is 34.0 Å². The van der Waals surface area contributed by atoms with Gasteiger partial charge >= 0.3 is 0 Å². The van der Waals surface area contributed by atoms with Gasteiger partial charge < -0.3 is 14.5 Å². The lowest BCUT2D eigenvalue weighted by molar-refractivity contribution is 0.483. The Morgan fingerprint density at radius 2 is 1.08 bits per heavy atom. The first-order chi connectivity index (χ1) is 29.0. The molecule has 3 heterocycles. The summed E-state index contributed by atoms with van der Waals surface area (Å²) in [7, 11) is 0. The van der Waals surface area contributed by atoms with Crippen molar-refractivity contribution in [1.82, 2.24) is 9.55 Å². The molecule has 62 heavy (non-hydrogen) atoms. The highest BCUT2D eigenvalue weighted by Gasteiger charge is 2.33. The van der Waals surface area contributed by atoms with Crippen LogP contribution >= 0.6 is 0 Å². The van der Waals surface area contributed by atoms with Gasteiger partial charge in [-0.15, -0.1) is 0 Å². The molecule has 7 aromatic rings. The van der Waals surface area contributed by atoms with Crippen LogP contribution in [0.5, 0.6) is 11.5 Å². The van der Waals surface area contributed by atoms with Crippen molar-refractivity contribution < 1.29 is 4.74 Å². The number of pyridine rings is 1. The smallest absolute Gasteiger partial charge is 0.137 e. The number of aromatic nitrogens is 2. The number of hydrogen-bond acceptors (Lipinski definition) is 4. The Hall–Kier alpha value is -5.81. The molecular weight excluding hydrogens is 757 g/mol. The molecule has 0 saturated heterocycles. The van der Waals surface area contributed by atoms with Gasteiger partial charge in [-0.25, -0.2) is 4.98 Å². The van der Waals surface area contributed by atoms with E-state index in [0.29, 0.717) is 6.67 Å². The Bertz CT molecular complexity index is 2780. The summed E-state index contributed by atoms with van der Waals surface area (Å²) in [5.41, 5.74) is 12.0. The molecule has 5 heteroatoms. The molecule has 2 aromatic heterocycles. The summed E-state index contributed by atoms with van der Waals surface area (Å²) >= 11 is 0. The predicted octanol–water partition coefficient (Wildman–Crippen LogP) is 15.4. The quantitative estimate of drug-likeness (QED) is 0.160. The van der Waals surface area contributed by atoms with Gasteiger partial charge in [-0.05, 0) is 98.7 Å². The zero-order valence-electron chi connectivity index (χ0n) is 39.6. The van der Waals surface area contributed by atoms with Gasteiger partial charge in [-0.3, -0.25) is 4.57 Å². The summed E-state index contributed by atoms with van der Waals surface area (Å²) in [4.78, 5) is 9.90. The lowest BCUT2D eigenvalue weighted by atomic mass is 9.78. The van der Waals surface area contributed by atoms with Crippen molar-refractivity contribution in [3.8, 4) is 17.3 Å². The van der Waals surface area contributed by atoms with Gasteiger partial charge in [0.05, 0.1) is 17.7 Å². The number of anilines is 2. The van der Waals surface area contributed by atoms with Gasteiger partial charge in [0.15, 0.2) is 0 Å². The van der Waals surface area contributed by atoms with Gasteiger partial charge in [-0.2, -0.15) is 0 Å². The summed E-state index contributed by atoms with van der Waals surface area (Å²) in [6.45, 7) is 32.9. The van der Waals surface area contributed by atoms with Crippen molar-refractivity contribution in [2.24, 2.45) is 5.41 Å². The van der Waals surface area contributed by atoms with Crippen LogP contribution in [-0.2, 0) is 21.7 Å². The van der Waals surface area contributed by atoms with Crippen LogP contribution in [0.15, 0.2) is 139 Å². The second-order valence-electron chi connectivity index (χ2n) is 22.1. The minimum absolute atomic E-state index is 0.0135. The normalized spacial score (nSPS) is 14.3. The monoisotopic (exact) mass is 823 g/mol. The Morgan fingerprint density at radius 1 is 0.468 bits per heavy atom. The first kappa shape index (κ1) is 42.9. The Balaban J connectivity index is 1.18. The molecule has 5 aromatic carbocycles. The van der Waals surface area contributed by atoms with E-state index >= 15 is 0 Å². The van der Waals surface area contributed by atoms with Gasteiger partial charge in [0.2, 0.25) is 0 Å². The SMILES string of the molecule is CC(C)(C)C1=CN(c2cccc(Oc3ccc4c5ccc(C(C)(C)C)cc5n(-c5cc(C(C)(C)c6ccccc6)ccn5)c4c3)c2)CN1c1cc(C(C)(C)C)cc(C(C)(C)C)c1. The summed E-state index contributed by atoms with van der Waals surface area (Å²) in [5.74, 6) is 2.45. The van der Waals surface area contributed by atoms with E-state index in [-0.39, 0.29) is 27.1 Å². The van der Waals surface area contributed by atoms with E-state index in [4.69, 9.17) is 9.72 Å². The number of fused-ring (bicyclic) bond motifs is 3. The number of ether oxygens (including phenoxy) is 1. The average Bonchev–Trinajstić information content (AvgIpc) is 3.81. The van der Waals surface area contributed by atoms with Crippen LogP contribution in [0.3, 0.4) is 0 Å². The standard InChI is InChI=1S/C57H66N4O/c1-53(2,3)39-23-25-47-48-26-24-46(35-50(48)61(49(47)32-39)52-33-40(27-28-58-52)57(13,14)38-19-16-15-17-20-38)62-45-22-18-21-43(34-45)59-36-51(56(10,11)12)60(37-59)44-30-41(54(4,5)6)29-42(31-44)55(7,8)9/h15-36H,37H2,1-14H3. The number of allylic oxidation sites excluding steroid dienone is 1. The summed E-state index contributed by atoms with van der Waals surface area (Å²) in [6.07, 6.45) is 4.28. The fourth-order valence-corrected chi connectivity index (χ4v) is 8.68. The molecule has 0 aliphatic carbocycles. The van der Waals surface area contributed by atoms with Crippen LogP contribution in [0, 0.1) is 5.41 Å². The van der Waals surface area contributed by atoms with E-state index in [1.54, 1.807) is 0 Å². The number of hydrogen-bond donors (Lipinski definition) is 0. The van der Waals surface area contributed by atoms with Crippen molar-refractivity contribution in [3.63, 3.8) is 0 Å². The molecule has 0 saturated carbocycles. The van der Waals surface area contributed by atoms with E-state index in [1.807, 2.05) is 6.20 Å². The third kappa shape index (κ3) is 8.27. The fraction of sp³-hybridized carbons (Fsp3) is 0.351. The summed E-state index contributed by atoms with van der Waals surface area (Å²) < 4.78 is 9.13. The molecule has 0 fully saturated rings. The largest absolute Gasteiger partial charge is 0.457 e. The Kier molecular flexibility index (Phi) is 10.5. The van der Waals surface area contributed by atoms with Crippen LogP contribution in [-0.4, -0.2) is 16.2 Å². The van der Waals surface area contributed by atoms with Crippen molar-refractivity contribution >= 4 is 33.2 Å². The minimum atomic E-state index is -0.214. The predicted molar refractivity (Wildman–Crippen MR) is 264 cm³/mol. The topological polar surface area (TPSA) is 33.5 Å². The first-order valence-electron chi connectivity index (χ1n) is 22.3. The van der Waals surface area contributed by atoms with E-state index < -0.39 is 0 Å². The number of nitrogens with zero attached hydrogens (tertiary/aromatic N) is 4. The highest BCUT2D eigenvalue weighted by atomic mass is 16.5. The van der Waals surface area contributed by atoms with Crippen molar-refractivity contribution in [3.05, 3.63) is 167 Å². The fourth-order valence-electron chi connectivity index (χ4n) is 8.68. The number of benzene rings is 5. The van der Waals surface area contributed by atoms with Gasteiger partial charge in [0.25, 0.3) is 0 Å². The summed E-state index contributed by atoms with van der Waals surface area (Å²) in [6, 6.07) is 44.2. The molecular formula is C57H66N4O. The number of rotatable bonds is 7. The van der Waals surface area contributed by atoms with E-state index in [2.05, 4.69) is 239 Å². The molecule has 0 radical (unpaired) electrons. The Morgan fingerprint density at radius 3 is 1.71 bits per heavy atom. The van der Waals surface area contributed by atoms with Crippen LogP contribution in [0.25, 0.3) is 27.6 Å². The lowest BCUT2D eigenvalue weighted by Gasteiger charge is -2.33. The highest BCUT2D eigenvalue weighted by Crippen LogP contribution is 2.43. The minimum Gasteiger partial charge on any atom is -0.457 e. The third-order valence-corrected chi connectivity index (χ3v) is 12.8. The lowest BCUT2D eigenvalue weighted by Crippen LogP contribution is -2.31. The molecule has 1 aliphatic heterocycles. The maximum atomic E-state index is 6.80. The molecule has 1 aliphatic rings. The molecule has 0 N–H and O–H groups in total. The highest BCUT2D eigenvalue weighted by molar-refractivity contribution is 6.09. The van der Waals surface area contributed by atoms with Crippen LogP contribution in [0.4, 0.5) is 11.4 Å². The second kappa shape index (κ2) is 15.2. The molecule has 0 atom stereocenters. The molecule has 320 valence electrons. The maximum absolute atomic E-state index is 6.80. The molecule has 0 unspecified atom stereocenters. The first-order valence-corrected chi connectivity index (χ1v) is 22.3. The van der Waals surface area contributed by atoms with E-state index in [9.17, 15) is 0 Å². The van der Waals surface area contributed by atoms with E-state index in [1.165, 1.54) is 50.0 Å². The average molecular weight is 823 g/mol. The second-order valence-corrected chi connectivity index (χ2v) is 22.1. The third-order valence-electron chi connectivity index (χ3n) is 12.8. The molecule has 0 spiro atoms. The zero-order chi connectivity index (χ0) is 44.6. The molecule has 8 rings (SSSR count). The van der Waals surface area contributed by atoms with Crippen molar-refractivity contribution in [2.75, 3.05) is 16.5 Å². The molecule has 0 amide bonds. The summed E-state index contributed by atoms with van der Waals surface area (Å²) in [5, 5.41) is 2.36. The molecule has 0 bridgehead atoms. The van der Waals surface area contributed by atoms with Crippen LogP contribution in [0.1, 0.15) is 125 Å². The van der Waals surface area contributed by atoms with Gasteiger partial charge in [0.1, 0.15) is 17.3 Å². The zero-order valence-corrected chi connectivity index (χ0v) is 39.6. The Labute approximate surface area is 371 Å². The van der Waals surface area contributed by atoms with Crippen LogP contribution < -0.4 is 14.5 Å².